The van der Waals surface area contributed by atoms with E-state index in [1.807, 2.05) is 24.3 Å². The van der Waals surface area contributed by atoms with Gasteiger partial charge in [0.25, 0.3) is 5.91 Å². The molecule has 0 aliphatic carbocycles. The molecule has 1 N–H and O–H groups in total. The van der Waals surface area contributed by atoms with Crippen molar-refractivity contribution in [2.75, 3.05) is 7.11 Å². The van der Waals surface area contributed by atoms with Crippen molar-refractivity contribution in [3.8, 4) is 5.75 Å². The Morgan fingerprint density at radius 1 is 1.25 bits per heavy atom. The van der Waals surface area contributed by atoms with Gasteiger partial charge in [-0.2, -0.15) is 0 Å². The van der Waals surface area contributed by atoms with Gasteiger partial charge in [0.15, 0.2) is 6.10 Å². The molecule has 6 heteroatoms. The maximum atomic E-state index is 13.1. The average molecular weight is 396 g/mol. The Morgan fingerprint density at radius 3 is 2.71 bits per heavy atom. The third kappa shape index (κ3) is 5.32. The van der Waals surface area contributed by atoms with Crippen LogP contribution in [0.15, 0.2) is 46.9 Å². The first-order chi connectivity index (χ1) is 11.5. The summed E-state index contributed by atoms with van der Waals surface area (Å²) in [5.41, 5.74) is 2.02. The molecule has 2 aromatic rings. The first kappa shape index (κ1) is 18.4. The first-order valence-corrected chi connectivity index (χ1v) is 8.25. The zero-order valence-corrected chi connectivity index (χ0v) is 15.1. The molecule has 0 radical (unpaired) electrons. The van der Waals surface area contributed by atoms with E-state index in [2.05, 4.69) is 21.2 Å². The summed E-state index contributed by atoms with van der Waals surface area (Å²) in [6, 6.07) is 11.9. The summed E-state index contributed by atoms with van der Waals surface area (Å²) in [5.74, 6) is -0.202. The first-order valence-electron chi connectivity index (χ1n) is 7.45. The summed E-state index contributed by atoms with van der Waals surface area (Å²) in [6.07, 6.45) is -0.700. The predicted octanol–water partition coefficient (Wildman–Crippen LogP) is 3.82. The number of methoxy groups -OCH3 is 1. The third-order valence-electron chi connectivity index (χ3n) is 3.34. The van der Waals surface area contributed by atoms with Crippen LogP contribution in [0.1, 0.15) is 18.1 Å². The Bertz CT molecular complexity index is 708. The molecule has 1 amide bonds. The van der Waals surface area contributed by atoms with Crippen molar-refractivity contribution in [1.29, 1.82) is 0 Å². The van der Waals surface area contributed by atoms with E-state index in [1.165, 1.54) is 18.2 Å². The molecule has 2 rings (SSSR count). The van der Waals surface area contributed by atoms with Crippen LogP contribution in [0.4, 0.5) is 4.39 Å². The summed E-state index contributed by atoms with van der Waals surface area (Å²) < 4.78 is 24.2. The van der Waals surface area contributed by atoms with Gasteiger partial charge in [0, 0.05) is 13.7 Å². The quantitative estimate of drug-likeness (QED) is 0.774. The second-order valence-electron chi connectivity index (χ2n) is 5.31. The van der Waals surface area contributed by atoms with Crippen molar-refractivity contribution < 1.29 is 18.7 Å². The van der Waals surface area contributed by atoms with Crippen molar-refractivity contribution >= 4 is 21.8 Å². The highest BCUT2D eigenvalue weighted by molar-refractivity contribution is 9.10. The number of benzene rings is 2. The molecule has 0 saturated heterocycles. The van der Waals surface area contributed by atoms with Crippen LogP contribution in [0.5, 0.6) is 5.75 Å². The molecule has 0 spiro atoms. The van der Waals surface area contributed by atoms with Crippen LogP contribution in [-0.4, -0.2) is 19.1 Å². The van der Waals surface area contributed by atoms with Gasteiger partial charge in [-0.25, -0.2) is 4.39 Å². The minimum Gasteiger partial charge on any atom is -0.480 e. The number of amides is 1. The van der Waals surface area contributed by atoms with Crippen molar-refractivity contribution in [2.24, 2.45) is 0 Å². The van der Waals surface area contributed by atoms with E-state index in [-0.39, 0.29) is 11.7 Å². The number of ether oxygens (including phenoxy) is 2. The van der Waals surface area contributed by atoms with Crippen LogP contribution in [0, 0.1) is 5.82 Å². The van der Waals surface area contributed by atoms with Crippen LogP contribution < -0.4 is 10.1 Å². The number of nitrogens with one attached hydrogen (secondary N) is 1. The van der Waals surface area contributed by atoms with E-state index >= 15 is 0 Å². The van der Waals surface area contributed by atoms with E-state index in [4.69, 9.17) is 9.47 Å². The minimum atomic E-state index is -0.700. The van der Waals surface area contributed by atoms with Crippen LogP contribution in [0.2, 0.25) is 0 Å². The average Bonchev–Trinajstić information content (AvgIpc) is 2.56. The topological polar surface area (TPSA) is 47.6 Å². The number of halogens is 2. The van der Waals surface area contributed by atoms with Gasteiger partial charge in [-0.05, 0) is 52.2 Å². The largest absolute Gasteiger partial charge is 0.480 e. The number of hydrogen-bond donors (Lipinski definition) is 1. The zero-order valence-electron chi connectivity index (χ0n) is 13.5. The second-order valence-corrected chi connectivity index (χ2v) is 6.16. The standard InChI is InChI=1S/C18H19BrFNO3/c1-12(24-17-7-6-15(20)9-16(17)19)18(22)21-10-13-4-3-5-14(8-13)11-23-2/h3-9,12H,10-11H2,1-2H3,(H,21,22). The van der Waals surface area contributed by atoms with Crippen molar-refractivity contribution in [3.05, 3.63) is 63.9 Å². The van der Waals surface area contributed by atoms with Gasteiger partial charge >= 0.3 is 0 Å². The minimum absolute atomic E-state index is 0.247. The van der Waals surface area contributed by atoms with Gasteiger partial charge in [0.05, 0.1) is 11.1 Å². The second kappa shape index (κ2) is 8.80. The van der Waals surface area contributed by atoms with Gasteiger partial charge in [0.2, 0.25) is 0 Å². The number of rotatable bonds is 7. The molecule has 0 aliphatic rings. The molecule has 0 aromatic heterocycles. The maximum Gasteiger partial charge on any atom is 0.261 e. The number of carbonyl (C=O) groups excluding carboxylic acids is 1. The molecule has 1 atom stereocenters. The van der Waals surface area contributed by atoms with Gasteiger partial charge in [-0.15, -0.1) is 0 Å². The Labute approximate surface area is 149 Å². The summed E-state index contributed by atoms with van der Waals surface area (Å²) in [7, 11) is 1.64. The van der Waals surface area contributed by atoms with Gasteiger partial charge in [-0.3, -0.25) is 4.79 Å². The molecule has 0 fully saturated rings. The Kier molecular flexibility index (Phi) is 6.75. The fourth-order valence-electron chi connectivity index (χ4n) is 2.14. The lowest BCUT2D eigenvalue weighted by Gasteiger charge is -2.16. The predicted molar refractivity (Wildman–Crippen MR) is 93.2 cm³/mol. The summed E-state index contributed by atoms with van der Waals surface area (Å²) >= 11 is 3.21. The Hall–Kier alpha value is -1.92. The van der Waals surface area contributed by atoms with E-state index in [0.29, 0.717) is 23.4 Å². The molecule has 2 aromatic carbocycles. The summed E-state index contributed by atoms with van der Waals surface area (Å²) in [5, 5.41) is 2.83. The van der Waals surface area contributed by atoms with Gasteiger partial charge in [0.1, 0.15) is 11.6 Å². The molecular formula is C18H19BrFNO3. The van der Waals surface area contributed by atoms with Crippen LogP contribution in [-0.2, 0) is 22.7 Å². The Morgan fingerprint density at radius 2 is 2.00 bits per heavy atom. The molecule has 4 nitrogen and oxygen atoms in total. The van der Waals surface area contributed by atoms with Gasteiger partial charge in [-0.1, -0.05) is 24.3 Å². The van der Waals surface area contributed by atoms with Crippen molar-refractivity contribution in [3.63, 3.8) is 0 Å². The molecule has 24 heavy (non-hydrogen) atoms. The highest BCUT2D eigenvalue weighted by Gasteiger charge is 2.16. The SMILES string of the molecule is COCc1cccc(CNC(=O)C(C)Oc2ccc(F)cc2Br)c1. The van der Waals surface area contributed by atoms with E-state index < -0.39 is 6.10 Å². The normalized spacial score (nSPS) is 11.8. The molecule has 0 aliphatic heterocycles. The molecule has 128 valence electrons. The molecule has 1 unspecified atom stereocenters. The zero-order chi connectivity index (χ0) is 17.5. The molecular weight excluding hydrogens is 377 g/mol. The highest BCUT2D eigenvalue weighted by Crippen LogP contribution is 2.26. The van der Waals surface area contributed by atoms with E-state index in [0.717, 1.165) is 11.1 Å². The Balaban J connectivity index is 1.90. The lowest BCUT2D eigenvalue weighted by atomic mass is 10.1. The number of hydrogen-bond acceptors (Lipinski definition) is 3. The monoisotopic (exact) mass is 395 g/mol. The fourth-order valence-corrected chi connectivity index (χ4v) is 2.59. The fraction of sp³-hybridized carbons (Fsp3) is 0.278. The third-order valence-corrected chi connectivity index (χ3v) is 3.96. The summed E-state index contributed by atoms with van der Waals surface area (Å²) in [6.45, 7) is 2.57. The lowest BCUT2D eigenvalue weighted by Crippen LogP contribution is -2.36. The smallest absolute Gasteiger partial charge is 0.261 e. The lowest BCUT2D eigenvalue weighted by molar-refractivity contribution is -0.127. The molecule has 0 heterocycles. The molecule has 0 bridgehead atoms. The van der Waals surface area contributed by atoms with E-state index in [1.54, 1.807) is 14.0 Å². The van der Waals surface area contributed by atoms with Crippen LogP contribution in [0.25, 0.3) is 0 Å². The van der Waals surface area contributed by atoms with E-state index in [9.17, 15) is 9.18 Å². The van der Waals surface area contributed by atoms with Gasteiger partial charge < -0.3 is 14.8 Å². The maximum absolute atomic E-state index is 13.1. The van der Waals surface area contributed by atoms with Crippen molar-refractivity contribution in [2.45, 2.75) is 26.2 Å². The highest BCUT2D eigenvalue weighted by atomic mass is 79.9. The summed E-state index contributed by atoms with van der Waals surface area (Å²) in [4.78, 5) is 12.2. The van der Waals surface area contributed by atoms with Crippen LogP contribution >= 0.6 is 15.9 Å². The van der Waals surface area contributed by atoms with Crippen LogP contribution in [0.3, 0.4) is 0 Å². The van der Waals surface area contributed by atoms with Crippen molar-refractivity contribution in [1.82, 2.24) is 5.32 Å². The number of carbonyl (C=O) groups is 1. The molecule has 0 saturated carbocycles.